The Hall–Kier alpha value is -0.480. The van der Waals surface area contributed by atoms with Crippen molar-refractivity contribution in [3.05, 3.63) is 0 Å². The summed E-state index contributed by atoms with van der Waals surface area (Å²) < 4.78 is 0. The third kappa shape index (κ3) is 1.25. The maximum atomic E-state index is 3.46. The van der Waals surface area contributed by atoms with Gasteiger partial charge in [-0.05, 0) is 17.8 Å². The minimum absolute atomic E-state index is 0.433. The van der Waals surface area contributed by atoms with Gasteiger partial charge in [0.25, 0.3) is 0 Å². The first-order valence-electron chi connectivity index (χ1n) is 4.57. The van der Waals surface area contributed by atoms with Crippen molar-refractivity contribution in [1.29, 1.82) is 0 Å². The van der Waals surface area contributed by atoms with E-state index in [1.54, 1.807) is 0 Å². The third-order valence-corrected chi connectivity index (χ3v) is 3.59. The maximum Gasteiger partial charge on any atom is 0.0578 e. The quantitative estimate of drug-likeness (QED) is 0.617. The summed E-state index contributed by atoms with van der Waals surface area (Å²) in [6.45, 7) is 11.9. The molecule has 0 unspecified atom stereocenters. The van der Waals surface area contributed by atoms with Gasteiger partial charge in [0.2, 0.25) is 0 Å². The third-order valence-electron chi connectivity index (χ3n) is 3.59. The molecule has 0 atom stereocenters. The second-order valence-electron chi connectivity index (χ2n) is 4.68. The van der Waals surface area contributed by atoms with Crippen molar-refractivity contribution in [2.45, 2.75) is 40.7 Å². The molecule has 1 saturated carbocycles. The lowest BCUT2D eigenvalue weighted by Crippen LogP contribution is -2.22. The van der Waals surface area contributed by atoms with E-state index in [4.69, 9.17) is 0 Å². The second kappa shape index (κ2) is 2.78. The molecule has 0 aromatic carbocycles. The van der Waals surface area contributed by atoms with Crippen molar-refractivity contribution in [2.75, 3.05) is 6.54 Å². The monoisotopic (exact) mass is 165 g/mol. The number of nitrogens with one attached hydrogen (secondary N) is 1. The smallest absolute Gasteiger partial charge is 0.0578 e. The summed E-state index contributed by atoms with van der Waals surface area (Å²) in [5.41, 5.74) is 0.866. The molecule has 0 aliphatic heterocycles. The average Bonchev–Trinajstić information content (AvgIpc) is 2.32. The summed E-state index contributed by atoms with van der Waals surface area (Å²) in [4.78, 5) is 0. The minimum atomic E-state index is 0.433. The van der Waals surface area contributed by atoms with E-state index in [1.807, 2.05) is 6.92 Å². The summed E-state index contributed by atoms with van der Waals surface area (Å²) in [7, 11) is 0. The molecule has 0 saturated heterocycles. The average molecular weight is 165 g/mol. The van der Waals surface area contributed by atoms with Crippen LogP contribution in [0, 0.1) is 22.7 Å². The highest BCUT2D eigenvalue weighted by molar-refractivity contribution is 5.18. The zero-order chi connectivity index (χ0) is 9.41. The van der Waals surface area contributed by atoms with Gasteiger partial charge >= 0.3 is 0 Å². The molecule has 1 rings (SSSR count). The Balaban J connectivity index is 2.42. The largest absolute Gasteiger partial charge is 0.302 e. The molecule has 0 amide bonds. The standard InChI is InChI=1S/C11H19N/c1-6-7-8-12-9-10(2,3)11(9,4)5/h9,12H,8H2,1-5H3. The summed E-state index contributed by atoms with van der Waals surface area (Å²) in [5, 5.41) is 3.46. The van der Waals surface area contributed by atoms with Gasteiger partial charge in [0.05, 0.1) is 6.54 Å². The molecule has 1 nitrogen and oxygen atoms in total. The van der Waals surface area contributed by atoms with Crippen molar-refractivity contribution < 1.29 is 0 Å². The van der Waals surface area contributed by atoms with Gasteiger partial charge < -0.3 is 5.32 Å². The van der Waals surface area contributed by atoms with E-state index >= 15 is 0 Å². The summed E-state index contributed by atoms with van der Waals surface area (Å²) in [6.07, 6.45) is 0. The number of hydrogen-bond acceptors (Lipinski definition) is 1. The number of hydrogen-bond donors (Lipinski definition) is 1. The van der Waals surface area contributed by atoms with Crippen LogP contribution in [0.3, 0.4) is 0 Å². The van der Waals surface area contributed by atoms with E-state index in [-0.39, 0.29) is 0 Å². The molecule has 0 radical (unpaired) electrons. The molecular weight excluding hydrogens is 146 g/mol. The molecule has 1 heteroatoms. The first-order chi connectivity index (χ1) is 5.44. The molecule has 1 fully saturated rings. The second-order valence-corrected chi connectivity index (χ2v) is 4.68. The van der Waals surface area contributed by atoms with Gasteiger partial charge in [0, 0.05) is 6.04 Å². The lowest BCUT2D eigenvalue weighted by Gasteiger charge is -2.03. The molecule has 1 N–H and O–H groups in total. The van der Waals surface area contributed by atoms with Gasteiger partial charge in [-0.2, -0.15) is 0 Å². The van der Waals surface area contributed by atoms with Gasteiger partial charge in [-0.15, -0.1) is 5.92 Å². The summed E-state index contributed by atoms with van der Waals surface area (Å²) in [6, 6.07) is 0.630. The first-order valence-corrected chi connectivity index (χ1v) is 4.57. The lowest BCUT2D eigenvalue weighted by atomic mass is 10.0. The van der Waals surface area contributed by atoms with Crippen LogP contribution in [0.15, 0.2) is 0 Å². The Labute approximate surface area is 75.9 Å². The van der Waals surface area contributed by atoms with E-state index in [0.29, 0.717) is 16.9 Å². The fourth-order valence-electron chi connectivity index (χ4n) is 1.95. The molecule has 0 spiro atoms. The van der Waals surface area contributed by atoms with Gasteiger partial charge in [0.15, 0.2) is 0 Å². The Morgan fingerprint density at radius 2 is 1.67 bits per heavy atom. The van der Waals surface area contributed by atoms with E-state index in [1.165, 1.54) is 0 Å². The Morgan fingerprint density at radius 3 is 2.00 bits per heavy atom. The molecule has 0 aromatic heterocycles. The fourth-order valence-corrected chi connectivity index (χ4v) is 1.95. The predicted molar refractivity (Wildman–Crippen MR) is 52.8 cm³/mol. The molecule has 1 aliphatic rings. The SMILES string of the molecule is CC#CCNC1C(C)(C)C1(C)C. The van der Waals surface area contributed by atoms with E-state index in [2.05, 4.69) is 44.9 Å². The normalized spacial score (nSPS) is 24.4. The molecular formula is C11H19N. The minimum Gasteiger partial charge on any atom is -0.302 e. The Bertz CT molecular complexity index is 213. The van der Waals surface area contributed by atoms with Gasteiger partial charge in [-0.25, -0.2) is 0 Å². The Morgan fingerprint density at radius 1 is 1.17 bits per heavy atom. The highest BCUT2D eigenvalue weighted by atomic mass is 15.0. The number of rotatable bonds is 2. The summed E-state index contributed by atoms with van der Waals surface area (Å²) in [5.74, 6) is 5.93. The van der Waals surface area contributed by atoms with Crippen LogP contribution >= 0.6 is 0 Å². The molecule has 1 aliphatic carbocycles. The van der Waals surface area contributed by atoms with Crippen molar-refractivity contribution in [3.63, 3.8) is 0 Å². The highest BCUT2D eigenvalue weighted by Gasteiger charge is 2.64. The van der Waals surface area contributed by atoms with Crippen molar-refractivity contribution in [2.24, 2.45) is 10.8 Å². The van der Waals surface area contributed by atoms with Crippen LogP contribution in [-0.4, -0.2) is 12.6 Å². The van der Waals surface area contributed by atoms with Crippen molar-refractivity contribution in [3.8, 4) is 11.8 Å². The fraction of sp³-hybridized carbons (Fsp3) is 0.818. The van der Waals surface area contributed by atoms with Crippen LogP contribution < -0.4 is 5.32 Å². The van der Waals surface area contributed by atoms with Gasteiger partial charge in [-0.3, -0.25) is 0 Å². The van der Waals surface area contributed by atoms with Crippen LogP contribution in [0.2, 0.25) is 0 Å². The van der Waals surface area contributed by atoms with Crippen LogP contribution in [-0.2, 0) is 0 Å². The summed E-state index contributed by atoms with van der Waals surface area (Å²) >= 11 is 0. The predicted octanol–water partition coefficient (Wildman–Crippen LogP) is 2.03. The maximum absolute atomic E-state index is 3.46. The van der Waals surface area contributed by atoms with Crippen molar-refractivity contribution in [1.82, 2.24) is 5.32 Å². The van der Waals surface area contributed by atoms with Crippen LogP contribution in [0.25, 0.3) is 0 Å². The molecule has 68 valence electrons. The Kier molecular flexibility index (Phi) is 2.23. The van der Waals surface area contributed by atoms with Gasteiger partial charge in [0.1, 0.15) is 0 Å². The molecule has 0 heterocycles. The molecule has 12 heavy (non-hydrogen) atoms. The lowest BCUT2D eigenvalue weighted by molar-refractivity contribution is 0.457. The van der Waals surface area contributed by atoms with E-state index in [9.17, 15) is 0 Å². The van der Waals surface area contributed by atoms with Crippen LogP contribution in [0.4, 0.5) is 0 Å². The topological polar surface area (TPSA) is 12.0 Å². The molecule has 0 bridgehead atoms. The molecule has 0 aromatic rings. The zero-order valence-electron chi connectivity index (χ0n) is 8.78. The highest BCUT2D eigenvalue weighted by Crippen LogP contribution is 2.62. The van der Waals surface area contributed by atoms with Gasteiger partial charge in [-0.1, -0.05) is 33.6 Å². The zero-order valence-corrected chi connectivity index (χ0v) is 8.78. The van der Waals surface area contributed by atoms with Crippen LogP contribution in [0.1, 0.15) is 34.6 Å². The van der Waals surface area contributed by atoms with Crippen molar-refractivity contribution >= 4 is 0 Å². The first kappa shape index (κ1) is 9.61. The van der Waals surface area contributed by atoms with Crippen LogP contribution in [0.5, 0.6) is 0 Å². The van der Waals surface area contributed by atoms with E-state index in [0.717, 1.165) is 6.54 Å². The van der Waals surface area contributed by atoms with E-state index < -0.39 is 0 Å².